The minimum atomic E-state index is -1.83. The van der Waals surface area contributed by atoms with Crippen LogP contribution in [0.3, 0.4) is 0 Å². The first-order chi connectivity index (χ1) is 38.4. The molecule has 462 valence electrons. The van der Waals surface area contributed by atoms with Gasteiger partial charge in [-0.3, -0.25) is 0 Å². The van der Waals surface area contributed by atoms with Crippen molar-refractivity contribution in [1.29, 1.82) is 0 Å². The smallest absolute Gasteiger partial charge is 0.331 e. The van der Waals surface area contributed by atoms with Crippen molar-refractivity contribution < 1.29 is 88.0 Å². The number of allylic oxidation sites excluding steroid dienone is 8. The first kappa shape index (κ1) is 68.6. The number of cyclic esters (lactones) is 2. The van der Waals surface area contributed by atoms with Gasteiger partial charge in [-0.2, -0.15) is 0 Å². The van der Waals surface area contributed by atoms with E-state index < -0.39 is 133 Å². The van der Waals surface area contributed by atoms with Gasteiger partial charge in [0.2, 0.25) is 0 Å². The summed E-state index contributed by atoms with van der Waals surface area (Å²) >= 11 is 0. The molecule has 0 aromatic rings. The van der Waals surface area contributed by atoms with Crippen molar-refractivity contribution in [3.05, 3.63) is 71.9 Å². The van der Waals surface area contributed by atoms with Crippen LogP contribution in [0.4, 0.5) is 0 Å². The largest absolute Gasteiger partial charge is 0.458 e. The monoisotopic (exact) mass is 1150 g/mol. The van der Waals surface area contributed by atoms with Crippen LogP contribution in [-0.4, -0.2) is 164 Å². The second-order valence-corrected chi connectivity index (χ2v) is 23.6. The third kappa shape index (κ3) is 18.7. The zero-order valence-electron chi connectivity index (χ0n) is 50.6. The summed E-state index contributed by atoms with van der Waals surface area (Å²) in [5.41, 5.74) is 1.59. The fourth-order valence-corrected chi connectivity index (χ4v) is 12.6. The van der Waals surface area contributed by atoms with Crippen LogP contribution in [0.2, 0.25) is 0 Å². The van der Waals surface area contributed by atoms with Crippen LogP contribution in [-0.2, 0) is 52.2 Å². The first-order valence-electron chi connectivity index (χ1n) is 30.2. The topological polar surface area (TPSA) is 259 Å². The van der Waals surface area contributed by atoms with Gasteiger partial charge in [0.15, 0.2) is 24.2 Å². The molecule has 4 fully saturated rings. The molecule has 18 nitrogen and oxygen atoms in total. The lowest BCUT2D eigenvalue weighted by Gasteiger charge is -2.49. The molecule has 0 unspecified atom stereocenters. The molecule has 0 amide bonds. The standard InChI is InChI=1S/C63H102O18/c1-14-42-22-20-24-44(16-3)60(36(7)50(66)32-62(72)34-52(46(18-5)38(9)80-62)76-56-30-48(64)58(70)40(11)74-56)78-54(68)28-26-43(15-2)23-21-25-45(17-4)61(79-55(69)29-27-42)37(8)51(67)33-63(73-13)35-53(47(19-6)39(10)81-63)77-57-31-49(65)59(71)41(12)75-57/h20-29,36-41,44-53,56-61,64-67,70-72H,14-19,30-35H2,1-13H3/t36-,37-,38-,39-,40-,41-,44-,45-,46-,47-,48-,49-,50-,51-,52-,53-,56+,57+,58-,59-,60-,61-,62-,63+/m1/s1. The second kappa shape index (κ2) is 31.8. The third-order valence-corrected chi connectivity index (χ3v) is 17.9. The van der Waals surface area contributed by atoms with Crippen LogP contribution in [0, 0.1) is 35.5 Å². The molecule has 24 atom stereocenters. The number of methoxy groups -OCH3 is 1. The molecule has 5 rings (SSSR count). The van der Waals surface area contributed by atoms with Gasteiger partial charge in [-0.25, -0.2) is 9.59 Å². The molecule has 5 heterocycles. The maximum Gasteiger partial charge on any atom is 0.331 e. The van der Waals surface area contributed by atoms with Gasteiger partial charge >= 0.3 is 11.9 Å². The number of carbonyl (C=O) groups is 2. The van der Waals surface area contributed by atoms with E-state index in [1.165, 1.54) is 19.3 Å². The number of esters is 2. The van der Waals surface area contributed by atoms with E-state index in [1.54, 1.807) is 32.9 Å². The number of rotatable bonds is 19. The SMILES string of the molecule is CCC1=CC=C[C@@H](CC)[C@@H]([C@H](C)[C@H](O)C[C@@]2(OC)C[C@@H](O[C@H]3C[C@@H](O)[C@H](O)[C@@H](C)O3)[C@H](CC)[C@@H](C)O2)OC(=O)C=CC(CC)=CC=C[C@@H](CC)[C@@H]([C@H](C)[C@H](O)C[C@]2(O)C[C@@H](O[C@H]3C[C@@H](O)[C@H](O)[C@@H](C)O3)[C@H](CC)[C@@H](C)O2)OC(=O)C=C1. The van der Waals surface area contributed by atoms with E-state index >= 15 is 0 Å². The van der Waals surface area contributed by atoms with E-state index in [4.69, 9.17) is 42.6 Å². The van der Waals surface area contributed by atoms with Crippen molar-refractivity contribution in [3.63, 3.8) is 0 Å². The van der Waals surface area contributed by atoms with Crippen LogP contribution in [0.25, 0.3) is 0 Å². The summed E-state index contributed by atoms with van der Waals surface area (Å²) < 4.78 is 56.4. The minimum absolute atomic E-state index is 0.00264. The number of ether oxygens (including phenoxy) is 9. The van der Waals surface area contributed by atoms with Gasteiger partial charge in [0.05, 0.1) is 61.0 Å². The molecule has 0 aliphatic carbocycles. The van der Waals surface area contributed by atoms with Crippen molar-refractivity contribution in [3.8, 4) is 0 Å². The zero-order chi connectivity index (χ0) is 59.9. The summed E-state index contributed by atoms with van der Waals surface area (Å²) in [6, 6.07) is 0. The van der Waals surface area contributed by atoms with Crippen LogP contribution in [0.15, 0.2) is 71.9 Å². The molecule has 5 aliphatic heterocycles. The lowest BCUT2D eigenvalue weighted by Crippen LogP contribution is -2.56. The maximum atomic E-state index is 14.0. The summed E-state index contributed by atoms with van der Waals surface area (Å²) in [6.07, 6.45) is 8.43. The Hall–Kier alpha value is -3.18. The Kier molecular flexibility index (Phi) is 26.9. The van der Waals surface area contributed by atoms with Gasteiger partial charge in [0.1, 0.15) is 24.4 Å². The fraction of sp³-hybridized carbons (Fsp3) is 0.778. The van der Waals surface area contributed by atoms with Gasteiger partial charge in [-0.05, 0) is 77.4 Å². The molecular formula is C63H102O18. The number of hydrogen-bond acceptors (Lipinski definition) is 18. The highest BCUT2D eigenvalue weighted by Gasteiger charge is 2.51. The zero-order valence-corrected chi connectivity index (χ0v) is 50.6. The van der Waals surface area contributed by atoms with Crippen molar-refractivity contribution in [2.24, 2.45) is 35.5 Å². The van der Waals surface area contributed by atoms with Gasteiger partial charge < -0.3 is 78.4 Å². The van der Waals surface area contributed by atoms with Crippen LogP contribution < -0.4 is 0 Å². The van der Waals surface area contributed by atoms with Gasteiger partial charge in [0, 0.05) is 93.3 Å². The summed E-state index contributed by atoms with van der Waals surface area (Å²) in [4.78, 5) is 27.9. The average Bonchev–Trinajstić information content (AvgIpc) is 3.44. The number of aliphatic hydroxyl groups is 7. The minimum Gasteiger partial charge on any atom is -0.458 e. The van der Waals surface area contributed by atoms with Gasteiger partial charge in [-0.15, -0.1) is 0 Å². The molecular weight excluding hydrogens is 1040 g/mol. The third-order valence-electron chi connectivity index (χ3n) is 17.9. The van der Waals surface area contributed by atoms with E-state index in [1.807, 2.05) is 98.8 Å². The van der Waals surface area contributed by atoms with Crippen molar-refractivity contribution >= 4 is 11.9 Å². The van der Waals surface area contributed by atoms with Crippen molar-refractivity contribution in [2.45, 2.75) is 270 Å². The van der Waals surface area contributed by atoms with Crippen LogP contribution >= 0.6 is 0 Å². The van der Waals surface area contributed by atoms with Crippen molar-refractivity contribution in [2.75, 3.05) is 7.11 Å². The molecule has 0 radical (unpaired) electrons. The normalized spacial score (nSPS) is 40.3. The number of aliphatic hydroxyl groups excluding tert-OH is 6. The second-order valence-electron chi connectivity index (χ2n) is 23.6. The highest BCUT2D eigenvalue weighted by molar-refractivity contribution is 5.83. The molecule has 0 saturated carbocycles. The Balaban J connectivity index is 1.38. The van der Waals surface area contributed by atoms with E-state index in [2.05, 4.69) is 0 Å². The quantitative estimate of drug-likeness (QED) is 0.0610. The van der Waals surface area contributed by atoms with Crippen LogP contribution in [0.5, 0.6) is 0 Å². The van der Waals surface area contributed by atoms with E-state index in [-0.39, 0.29) is 62.4 Å². The fourth-order valence-electron chi connectivity index (χ4n) is 12.6. The predicted octanol–water partition coefficient (Wildman–Crippen LogP) is 7.73. The summed E-state index contributed by atoms with van der Waals surface area (Å²) in [6.45, 7) is 22.7. The summed E-state index contributed by atoms with van der Waals surface area (Å²) in [5, 5.41) is 78.0. The number of carbonyl (C=O) groups excluding carboxylic acids is 2. The molecule has 18 heteroatoms. The molecule has 0 aromatic heterocycles. The Morgan fingerprint density at radius 3 is 1.41 bits per heavy atom. The number of hydrogen-bond donors (Lipinski definition) is 7. The lowest BCUT2D eigenvalue weighted by molar-refractivity contribution is -0.337. The molecule has 0 bridgehead atoms. The lowest BCUT2D eigenvalue weighted by atomic mass is 9.80. The molecule has 0 spiro atoms. The van der Waals surface area contributed by atoms with Gasteiger partial charge in [-0.1, -0.05) is 104 Å². The average molecular weight is 1150 g/mol. The van der Waals surface area contributed by atoms with E-state index in [9.17, 15) is 45.3 Å². The van der Waals surface area contributed by atoms with E-state index in [0.717, 1.165) is 17.6 Å². The summed E-state index contributed by atoms with van der Waals surface area (Å²) in [7, 11) is 1.53. The molecule has 81 heavy (non-hydrogen) atoms. The molecule has 0 aromatic carbocycles. The van der Waals surface area contributed by atoms with E-state index in [0.29, 0.717) is 32.1 Å². The maximum absolute atomic E-state index is 14.0. The highest BCUT2D eigenvalue weighted by atomic mass is 16.7. The van der Waals surface area contributed by atoms with Crippen LogP contribution in [0.1, 0.15) is 160 Å². The molecule has 4 saturated heterocycles. The Labute approximate surface area is 482 Å². The molecule has 5 aliphatic rings. The Morgan fingerprint density at radius 2 is 1.01 bits per heavy atom. The molecule has 7 N–H and O–H groups in total. The summed E-state index contributed by atoms with van der Waals surface area (Å²) in [5.74, 6) is -6.63. The first-order valence-corrected chi connectivity index (χ1v) is 30.2. The highest BCUT2D eigenvalue weighted by Crippen LogP contribution is 2.44. The predicted molar refractivity (Wildman–Crippen MR) is 304 cm³/mol. The Morgan fingerprint density at radius 1 is 0.593 bits per heavy atom. The Bertz CT molecular complexity index is 2120. The van der Waals surface area contributed by atoms with Crippen molar-refractivity contribution in [1.82, 2.24) is 0 Å². The van der Waals surface area contributed by atoms with Gasteiger partial charge in [0.25, 0.3) is 0 Å².